The van der Waals surface area contributed by atoms with Gasteiger partial charge in [-0.3, -0.25) is 4.40 Å². The van der Waals surface area contributed by atoms with Gasteiger partial charge in [-0.15, -0.1) is 10.2 Å². The third kappa shape index (κ3) is 4.89. The number of carbonyl (C=O) groups excluding carboxylic acids is 1. The molecule has 4 heterocycles. The van der Waals surface area contributed by atoms with E-state index in [0.717, 1.165) is 11.0 Å². The predicted molar refractivity (Wildman–Crippen MR) is 130 cm³/mol. The van der Waals surface area contributed by atoms with E-state index in [-0.39, 0.29) is 13.0 Å². The first-order chi connectivity index (χ1) is 16.8. The fourth-order valence-electron chi connectivity index (χ4n) is 4.20. The molecule has 1 saturated heterocycles. The Kier molecular flexibility index (Phi) is 6.00. The van der Waals surface area contributed by atoms with Crippen LogP contribution in [0, 0.1) is 0 Å². The molecule has 35 heavy (non-hydrogen) atoms. The SMILES string of the molecule is CC(C)(C)OC(=O)N1CC[C@@H](F)[C@H](Oc2cccc3ccc(-c4nnc5ccccn45)nc23)CC1. The molecule has 0 unspecified atom stereocenters. The minimum absolute atomic E-state index is 0.180. The van der Waals surface area contributed by atoms with Gasteiger partial charge in [0, 0.05) is 31.1 Å². The average Bonchev–Trinajstić information content (AvgIpc) is 3.17. The molecule has 0 radical (unpaired) electrons. The second kappa shape index (κ2) is 9.13. The van der Waals surface area contributed by atoms with E-state index in [1.807, 2.05) is 73.8 Å². The number of carbonyl (C=O) groups is 1. The lowest BCUT2D eigenvalue weighted by Crippen LogP contribution is -2.37. The van der Waals surface area contributed by atoms with Crippen LogP contribution in [0.2, 0.25) is 0 Å². The quantitative estimate of drug-likeness (QED) is 0.410. The van der Waals surface area contributed by atoms with Crippen molar-refractivity contribution in [2.75, 3.05) is 13.1 Å². The van der Waals surface area contributed by atoms with Crippen LogP contribution in [0.25, 0.3) is 28.1 Å². The Morgan fingerprint density at radius 2 is 1.86 bits per heavy atom. The molecule has 0 bridgehead atoms. The summed E-state index contributed by atoms with van der Waals surface area (Å²) in [6, 6.07) is 15.1. The smallest absolute Gasteiger partial charge is 0.410 e. The van der Waals surface area contributed by atoms with E-state index in [1.54, 1.807) is 11.0 Å². The van der Waals surface area contributed by atoms with Gasteiger partial charge in [-0.1, -0.05) is 24.3 Å². The van der Waals surface area contributed by atoms with Crippen LogP contribution in [0.5, 0.6) is 5.75 Å². The highest BCUT2D eigenvalue weighted by molar-refractivity contribution is 5.86. The van der Waals surface area contributed by atoms with Crippen molar-refractivity contribution >= 4 is 22.6 Å². The summed E-state index contributed by atoms with van der Waals surface area (Å²) in [5, 5.41) is 9.37. The first-order valence-corrected chi connectivity index (χ1v) is 11.8. The number of pyridine rings is 2. The van der Waals surface area contributed by atoms with Crippen molar-refractivity contribution in [1.82, 2.24) is 24.5 Å². The van der Waals surface area contributed by atoms with Crippen LogP contribution in [0.15, 0.2) is 54.7 Å². The van der Waals surface area contributed by atoms with Crippen molar-refractivity contribution in [2.24, 2.45) is 0 Å². The summed E-state index contributed by atoms with van der Waals surface area (Å²) >= 11 is 0. The molecule has 8 nitrogen and oxygen atoms in total. The van der Waals surface area contributed by atoms with E-state index in [4.69, 9.17) is 14.5 Å². The van der Waals surface area contributed by atoms with Gasteiger partial charge in [0.1, 0.15) is 34.8 Å². The average molecular weight is 478 g/mol. The van der Waals surface area contributed by atoms with Crippen LogP contribution in [0.1, 0.15) is 33.6 Å². The highest BCUT2D eigenvalue weighted by Gasteiger charge is 2.32. The van der Waals surface area contributed by atoms with Crippen LogP contribution in [-0.4, -0.2) is 61.5 Å². The summed E-state index contributed by atoms with van der Waals surface area (Å²) in [4.78, 5) is 18.8. The molecule has 1 aliphatic heterocycles. The number of aromatic nitrogens is 4. The molecule has 9 heteroatoms. The van der Waals surface area contributed by atoms with E-state index in [1.165, 1.54) is 0 Å². The van der Waals surface area contributed by atoms with E-state index in [0.29, 0.717) is 35.8 Å². The minimum atomic E-state index is -1.22. The number of rotatable bonds is 3. The predicted octanol–water partition coefficient (Wildman–Crippen LogP) is 5.06. The molecular formula is C26H28FN5O3. The van der Waals surface area contributed by atoms with Gasteiger partial charge in [-0.2, -0.15) is 0 Å². The van der Waals surface area contributed by atoms with Crippen LogP contribution >= 0.6 is 0 Å². The molecule has 3 aromatic heterocycles. The zero-order valence-corrected chi connectivity index (χ0v) is 20.0. The maximum atomic E-state index is 15.1. The highest BCUT2D eigenvalue weighted by atomic mass is 19.1. The monoisotopic (exact) mass is 477 g/mol. The maximum absolute atomic E-state index is 15.1. The van der Waals surface area contributed by atoms with Crippen molar-refractivity contribution < 1.29 is 18.7 Å². The number of fused-ring (bicyclic) bond motifs is 2. The molecule has 1 fully saturated rings. The third-order valence-electron chi connectivity index (χ3n) is 5.92. The Balaban J connectivity index is 1.40. The molecule has 5 rings (SSSR count). The molecule has 1 aromatic carbocycles. The minimum Gasteiger partial charge on any atom is -0.485 e. The maximum Gasteiger partial charge on any atom is 0.410 e. The van der Waals surface area contributed by atoms with Crippen LogP contribution in [0.4, 0.5) is 9.18 Å². The fraction of sp³-hybridized carbons (Fsp3) is 0.385. The molecule has 182 valence electrons. The zero-order chi connectivity index (χ0) is 24.6. The lowest BCUT2D eigenvalue weighted by Gasteiger charge is -2.26. The number of ether oxygens (including phenoxy) is 2. The van der Waals surface area contributed by atoms with Crippen LogP contribution in [-0.2, 0) is 4.74 Å². The number of nitrogens with zero attached hydrogens (tertiary/aromatic N) is 5. The summed E-state index contributed by atoms with van der Waals surface area (Å²) in [5.41, 5.74) is 1.39. The first-order valence-electron chi connectivity index (χ1n) is 11.8. The van der Waals surface area contributed by atoms with Gasteiger partial charge in [-0.05, 0) is 51.5 Å². The Labute approximate surface area is 202 Å². The number of alkyl halides is 1. The number of hydrogen-bond donors (Lipinski definition) is 0. The van der Waals surface area contributed by atoms with Gasteiger partial charge in [0.15, 0.2) is 11.5 Å². The van der Waals surface area contributed by atoms with Crippen molar-refractivity contribution in [3.63, 3.8) is 0 Å². The van der Waals surface area contributed by atoms with Crippen molar-refractivity contribution in [3.05, 3.63) is 54.7 Å². The van der Waals surface area contributed by atoms with E-state index in [9.17, 15) is 4.79 Å². The summed E-state index contributed by atoms with van der Waals surface area (Å²) < 4.78 is 28.6. The Bertz CT molecular complexity index is 1370. The largest absolute Gasteiger partial charge is 0.485 e. The summed E-state index contributed by atoms with van der Waals surface area (Å²) in [6.45, 7) is 6.09. The Morgan fingerprint density at radius 1 is 1.03 bits per heavy atom. The molecule has 4 aromatic rings. The van der Waals surface area contributed by atoms with Gasteiger partial charge in [0.05, 0.1) is 0 Å². The van der Waals surface area contributed by atoms with Gasteiger partial charge in [-0.25, -0.2) is 14.2 Å². The molecule has 1 amide bonds. The normalized spacial score (nSPS) is 19.0. The zero-order valence-electron chi connectivity index (χ0n) is 20.0. The molecule has 1 aliphatic rings. The number of benzene rings is 1. The van der Waals surface area contributed by atoms with Gasteiger partial charge in [0.2, 0.25) is 0 Å². The second-order valence-corrected chi connectivity index (χ2v) is 9.69. The molecule has 0 saturated carbocycles. The van der Waals surface area contributed by atoms with Crippen LogP contribution in [0.3, 0.4) is 0 Å². The number of hydrogen-bond acceptors (Lipinski definition) is 6. The lowest BCUT2D eigenvalue weighted by molar-refractivity contribution is 0.0252. The first kappa shape index (κ1) is 23.0. The highest BCUT2D eigenvalue weighted by Crippen LogP contribution is 2.30. The van der Waals surface area contributed by atoms with E-state index in [2.05, 4.69) is 10.2 Å². The molecule has 0 N–H and O–H groups in total. The summed E-state index contributed by atoms with van der Waals surface area (Å²) in [6.07, 6.45) is 0.0648. The van der Waals surface area contributed by atoms with Crippen LogP contribution < -0.4 is 4.74 Å². The molecule has 0 aliphatic carbocycles. The fourth-order valence-corrected chi connectivity index (χ4v) is 4.20. The number of halogens is 1. The number of para-hydroxylation sites is 1. The molecule has 2 atom stereocenters. The third-order valence-corrected chi connectivity index (χ3v) is 5.92. The van der Waals surface area contributed by atoms with Crippen molar-refractivity contribution in [2.45, 2.75) is 51.5 Å². The molecule has 0 spiro atoms. The van der Waals surface area contributed by atoms with Gasteiger partial charge >= 0.3 is 6.09 Å². The Hall–Kier alpha value is -3.75. The Morgan fingerprint density at radius 3 is 2.69 bits per heavy atom. The van der Waals surface area contributed by atoms with E-state index >= 15 is 4.39 Å². The van der Waals surface area contributed by atoms with Crippen molar-refractivity contribution in [1.29, 1.82) is 0 Å². The van der Waals surface area contributed by atoms with Gasteiger partial charge in [0.25, 0.3) is 0 Å². The standard InChI is InChI=1S/C26H28FN5O3/c1-26(2,3)35-25(33)31-15-12-18(27)20(13-16-31)34-21-8-6-7-17-10-11-19(28-23(17)21)24-30-29-22-9-4-5-14-32(22)24/h4-11,14,18,20H,12-13,15-16H2,1-3H3/t18-,20-/m1/s1. The molecular weight excluding hydrogens is 449 g/mol. The summed E-state index contributed by atoms with van der Waals surface area (Å²) in [7, 11) is 0. The summed E-state index contributed by atoms with van der Waals surface area (Å²) in [5.74, 6) is 1.11. The number of amides is 1. The van der Waals surface area contributed by atoms with Crippen molar-refractivity contribution in [3.8, 4) is 17.3 Å². The van der Waals surface area contributed by atoms with Gasteiger partial charge < -0.3 is 14.4 Å². The topological polar surface area (TPSA) is 81.8 Å². The lowest BCUT2D eigenvalue weighted by atomic mass is 10.1. The second-order valence-electron chi connectivity index (χ2n) is 9.69. The van der Waals surface area contributed by atoms with E-state index < -0.39 is 24.0 Å². The number of likely N-dealkylation sites (tertiary alicyclic amines) is 1.